The number of pyridine rings is 2. The number of hydrogen-bond acceptors (Lipinski definition) is 3. The minimum Gasteiger partial charge on any atom is -0.261 e. The van der Waals surface area contributed by atoms with Crippen LogP contribution in [0.1, 0.15) is 17.0 Å². The molecule has 0 bridgehead atoms. The molecule has 0 amide bonds. The summed E-state index contributed by atoms with van der Waals surface area (Å²) in [4.78, 5) is 8.27. The van der Waals surface area contributed by atoms with E-state index in [1.54, 1.807) is 12.4 Å². The highest BCUT2D eigenvalue weighted by Gasteiger charge is 2.10. The van der Waals surface area contributed by atoms with Crippen LogP contribution in [0.4, 0.5) is 0 Å². The van der Waals surface area contributed by atoms with E-state index < -0.39 is 0 Å². The summed E-state index contributed by atoms with van der Waals surface area (Å²) in [5.41, 5.74) is 3.92. The van der Waals surface area contributed by atoms with Crippen molar-refractivity contribution in [1.29, 1.82) is 5.26 Å². The van der Waals surface area contributed by atoms with Gasteiger partial charge in [0.05, 0.1) is 5.02 Å². The third-order valence-corrected chi connectivity index (χ3v) is 3.05. The van der Waals surface area contributed by atoms with E-state index in [0.29, 0.717) is 5.02 Å². The van der Waals surface area contributed by atoms with E-state index in [1.165, 1.54) is 0 Å². The zero-order valence-corrected chi connectivity index (χ0v) is 10.3. The van der Waals surface area contributed by atoms with Gasteiger partial charge in [-0.15, -0.1) is 0 Å². The number of nitrogens with zero attached hydrogens (tertiary/aromatic N) is 3. The molecule has 2 rings (SSSR count). The van der Waals surface area contributed by atoms with Gasteiger partial charge in [-0.3, -0.25) is 4.98 Å². The monoisotopic (exact) mass is 243 g/mol. The van der Waals surface area contributed by atoms with E-state index in [1.807, 2.05) is 32.0 Å². The molecular formula is C13H10ClN3. The third-order valence-electron chi connectivity index (χ3n) is 2.59. The van der Waals surface area contributed by atoms with E-state index in [0.717, 1.165) is 22.4 Å². The Morgan fingerprint density at radius 1 is 1.18 bits per heavy atom. The maximum Gasteiger partial charge on any atom is 0.159 e. The van der Waals surface area contributed by atoms with Gasteiger partial charge in [0, 0.05) is 29.2 Å². The predicted octanol–water partition coefficient (Wildman–Crippen LogP) is 3.29. The molecule has 4 heteroatoms. The molecule has 2 aromatic heterocycles. The van der Waals surface area contributed by atoms with Crippen molar-refractivity contribution in [3.63, 3.8) is 0 Å². The van der Waals surface area contributed by atoms with Crippen LogP contribution in [0, 0.1) is 25.2 Å². The number of aromatic nitrogens is 2. The first-order valence-corrected chi connectivity index (χ1v) is 5.49. The first kappa shape index (κ1) is 11.6. The third kappa shape index (κ3) is 2.13. The molecule has 0 atom stereocenters. The molecule has 0 unspecified atom stereocenters. The first-order chi connectivity index (χ1) is 8.13. The van der Waals surface area contributed by atoms with Gasteiger partial charge in [0.25, 0.3) is 0 Å². The average molecular weight is 244 g/mol. The SMILES string of the molecule is Cc1ccc(-c2cnc(C#N)c(Cl)c2C)cn1. The first-order valence-electron chi connectivity index (χ1n) is 5.11. The fourth-order valence-electron chi connectivity index (χ4n) is 1.57. The normalized spacial score (nSPS) is 10.0. The molecule has 3 nitrogen and oxygen atoms in total. The van der Waals surface area contributed by atoms with Crippen molar-refractivity contribution >= 4 is 11.6 Å². The van der Waals surface area contributed by atoms with E-state index in [9.17, 15) is 0 Å². The second kappa shape index (κ2) is 4.52. The standard InChI is InChI=1S/C13H10ClN3/c1-8-3-4-10(6-16-8)11-7-17-12(5-15)13(14)9(11)2/h3-4,6-7H,1-2H3. The Hall–Kier alpha value is -1.92. The quantitative estimate of drug-likeness (QED) is 0.772. The number of hydrogen-bond donors (Lipinski definition) is 0. The van der Waals surface area contributed by atoms with Crippen molar-refractivity contribution in [1.82, 2.24) is 9.97 Å². The largest absolute Gasteiger partial charge is 0.261 e. The molecule has 0 aliphatic heterocycles. The van der Waals surface area contributed by atoms with Crippen molar-refractivity contribution in [2.75, 3.05) is 0 Å². The maximum atomic E-state index is 8.83. The van der Waals surface area contributed by atoms with Gasteiger partial charge in [-0.25, -0.2) is 4.98 Å². The number of rotatable bonds is 1. The molecule has 0 aliphatic carbocycles. The summed E-state index contributed by atoms with van der Waals surface area (Å²) in [6.07, 6.45) is 3.44. The lowest BCUT2D eigenvalue weighted by Gasteiger charge is -2.07. The number of aryl methyl sites for hydroxylation is 1. The highest BCUT2D eigenvalue weighted by molar-refractivity contribution is 6.32. The molecule has 0 N–H and O–H groups in total. The zero-order valence-electron chi connectivity index (χ0n) is 9.53. The fourth-order valence-corrected chi connectivity index (χ4v) is 1.77. The van der Waals surface area contributed by atoms with E-state index in [4.69, 9.17) is 16.9 Å². The van der Waals surface area contributed by atoms with Crippen LogP contribution in [0.2, 0.25) is 5.02 Å². The molecule has 0 saturated carbocycles. The van der Waals surface area contributed by atoms with Gasteiger partial charge in [0.1, 0.15) is 6.07 Å². The molecule has 0 radical (unpaired) electrons. The van der Waals surface area contributed by atoms with Crippen molar-refractivity contribution in [3.8, 4) is 17.2 Å². The maximum absolute atomic E-state index is 8.83. The summed E-state index contributed by atoms with van der Waals surface area (Å²) in [5, 5.41) is 9.24. The summed E-state index contributed by atoms with van der Waals surface area (Å²) in [6.45, 7) is 3.81. The van der Waals surface area contributed by atoms with Crippen molar-refractivity contribution in [2.24, 2.45) is 0 Å². The fraction of sp³-hybridized carbons (Fsp3) is 0.154. The van der Waals surface area contributed by atoms with Crippen LogP contribution in [0.15, 0.2) is 24.5 Å². The lowest BCUT2D eigenvalue weighted by molar-refractivity contribution is 1.19. The second-order valence-corrected chi connectivity index (χ2v) is 4.14. The lowest BCUT2D eigenvalue weighted by atomic mass is 10.0. The van der Waals surface area contributed by atoms with Crippen LogP contribution in [-0.2, 0) is 0 Å². The van der Waals surface area contributed by atoms with Crippen LogP contribution < -0.4 is 0 Å². The van der Waals surface area contributed by atoms with Gasteiger partial charge in [-0.05, 0) is 25.5 Å². The lowest BCUT2D eigenvalue weighted by Crippen LogP contribution is -1.93. The summed E-state index contributed by atoms with van der Waals surface area (Å²) < 4.78 is 0. The highest BCUT2D eigenvalue weighted by Crippen LogP contribution is 2.28. The summed E-state index contributed by atoms with van der Waals surface area (Å²) >= 11 is 6.07. The van der Waals surface area contributed by atoms with E-state index in [2.05, 4.69) is 9.97 Å². The Bertz CT molecular complexity index is 597. The van der Waals surface area contributed by atoms with Crippen LogP contribution >= 0.6 is 11.6 Å². The molecule has 0 aliphatic rings. The Balaban J connectivity index is 2.58. The van der Waals surface area contributed by atoms with Gasteiger partial charge >= 0.3 is 0 Å². The predicted molar refractivity (Wildman–Crippen MR) is 66.7 cm³/mol. The highest BCUT2D eigenvalue weighted by atomic mass is 35.5. The van der Waals surface area contributed by atoms with Gasteiger partial charge < -0.3 is 0 Å². The average Bonchev–Trinajstić information content (AvgIpc) is 2.34. The molecule has 2 aromatic rings. The molecule has 0 fully saturated rings. The smallest absolute Gasteiger partial charge is 0.159 e. The van der Waals surface area contributed by atoms with Crippen LogP contribution in [0.5, 0.6) is 0 Å². The van der Waals surface area contributed by atoms with Crippen LogP contribution in [0.25, 0.3) is 11.1 Å². The van der Waals surface area contributed by atoms with E-state index >= 15 is 0 Å². The Morgan fingerprint density at radius 2 is 1.94 bits per heavy atom. The van der Waals surface area contributed by atoms with Crippen LogP contribution in [0.3, 0.4) is 0 Å². The minimum absolute atomic E-state index is 0.257. The van der Waals surface area contributed by atoms with Gasteiger partial charge in [0.2, 0.25) is 0 Å². The minimum atomic E-state index is 0.257. The van der Waals surface area contributed by atoms with Crippen molar-refractivity contribution in [2.45, 2.75) is 13.8 Å². The molecule has 0 saturated heterocycles. The van der Waals surface area contributed by atoms with Gasteiger partial charge in [0.15, 0.2) is 5.69 Å². The number of halogens is 1. The van der Waals surface area contributed by atoms with Gasteiger partial charge in [-0.2, -0.15) is 5.26 Å². The van der Waals surface area contributed by atoms with Crippen molar-refractivity contribution in [3.05, 3.63) is 46.5 Å². The molecule has 0 spiro atoms. The molecule has 2 heterocycles. The second-order valence-electron chi connectivity index (χ2n) is 3.76. The van der Waals surface area contributed by atoms with E-state index in [-0.39, 0.29) is 5.69 Å². The molecule has 84 valence electrons. The Labute approximate surface area is 105 Å². The summed E-state index contributed by atoms with van der Waals surface area (Å²) in [6, 6.07) is 5.86. The van der Waals surface area contributed by atoms with Crippen molar-refractivity contribution < 1.29 is 0 Å². The number of nitriles is 1. The topological polar surface area (TPSA) is 49.6 Å². The van der Waals surface area contributed by atoms with Crippen LogP contribution in [-0.4, -0.2) is 9.97 Å². The Kier molecular flexibility index (Phi) is 3.08. The Morgan fingerprint density at radius 3 is 2.53 bits per heavy atom. The zero-order chi connectivity index (χ0) is 12.4. The molecule has 17 heavy (non-hydrogen) atoms. The summed E-state index contributed by atoms with van der Waals surface area (Å²) in [5.74, 6) is 0. The molecule has 0 aromatic carbocycles. The summed E-state index contributed by atoms with van der Waals surface area (Å²) in [7, 11) is 0. The van der Waals surface area contributed by atoms with Gasteiger partial charge in [-0.1, -0.05) is 17.7 Å². The molecular weight excluding hydrogens is 234 g/mol.